The first-order chi connectivity index (χ1) is 13.1. The number of hydrogen-bond acceptors (Lipinski definition) is 7. The maximum Gasteiger partial charge on any atom is 0.475 e. The second-order valence-electron chi connectivity index (χ2n) is 5.70. The van der Waals surface area contributed by atoms with Crippen molar-refractivity contribution in [3.63, 3.8) is 0 Å². The van der Waals surface area contributed by atoms with Crippen molar-refractivity contribution in [2.45, 2.75) is 26.1 Å². The van der Waals surface area contributed by atoms with E-state index in [9.17, 15) is 9.59 Å². The molecule has 0 spiro atoms. The fourth-order valence-corrected chi connectivity index (χ4v) is 2.71. The fraction of sp³-hybridized carbons (Fsp3) is 0.316. The summed E-state index contributed by atoms with van der Waals surface area (Å²) in [6, 6.07) is 13.9. The normalized spacial score (nSPS) is 18.3. The smallest absolute Gasteiger partial charge is 0.464 e. The van der Waals surface area contributed by atoms with Crippen LogP contribution in [-0.4, -0.2) is 49.5 Å². The number of hydrogen-bond donors (Lipinski definition) is 0. The first-order valence-corrected chi connectivity index (χ1v) is 8.71. The molecule has 0 N–H and O–H groups in total. The number of esters is 2. The fourth-order valence-electron chi connectivity index (χ4n) is 2.71. The third kappa shape index (κ3) is 5.05. The largest absolute Gasteiger partial charge is 0.475 e. The van der Waals surface area contributed by atoms with Crippen molar-refractivity contribution < 1.29 is 48.5 Å². The second kappa shape index (κ2) is 10.5. The van der Waals surface area contributed by atoms with Crippen molar-refractivity contribution in [1.29, 1.82) is 0 Å². The van der Waals surface area contributed by atoms with Crippen LogP contribution in [0.3, 0.4) is 0 Å². The Morgan fingerprint density at radius 1 is 1.11 bits per heavy atom. The van der Waals surface area contributed by atoms with Crippen molar-refractivity contribution in [2.75, 3.05) is 13.2 Å². The number of carbonyl (C=O) groups excluding carboxylic acids is 2. The Morgan fingerprint density at radius 2 is 1.75 bits per heavy atom. The Bertz CT molecular complexity index is 780. The molecule has 0 amide bonds. The van der Waals surface area contributed by atoms with E-state index in [-0.39, 0.29) is 33.3 Å². The quantitative estimate of drug-likeness (QED) is 0.298. The van der Waals surface area contributed by atoms with Gasteiger partial charge in [-0.05, 0) is 25.6 Å². The average molecular weight is 560 g/mol. The van der Waals surface area contributed by atoms with Gasteiger partial charge < -0.3 is 23.8 Å². The molecule has 9 heteroatoms. The number of ether oxygens (including phenoxy) is 2. The molecule has 3 rings (SSSR count). The van der Waals surface area contributed by atoms with Gasteiger partial charge in [-0.15, -0.1) is 35.3 Å². The molecule has 1 aromatic carbocycles. The molecule has 2 aromatic rings. The zero-order valence-electron chi connectivity index (χ0n) is 15.4. The van der Waals surface area contributed by atoms with Gasteiger partial charge in [0.2, 0.25) is 0 Å². The van der Waals surface area contributed by atoms with E-state index in [0.29, 0.717) is 5.46 Å². The maximum atomic E-state index is 12.2. The van der Waals surface area contributed by atoms with E-state index in [2.05, 4.69) is 11.1 Å². The topological polar surface area (TPSA) is 84.0 Å². The van der Waals surface area contributed by atoms with Crippen LogP contribution in [-0.2, 0) is 48.5 Å². The Labute approximate surface area is 177 Å². The van der Waals surface area contributed by atoms with Gasteiger partial charge in [-0.3, -0.25) is 0 Å². The van der Waals surface area contributed by atoms with Crippen molar-refractivity contribution in [3.05, 3.63) is 48.7 Å². The van der Waals surface area contributed by atoms with Crippen LogP contribution < -0.4 is 5.46 Å². The third-order valence-electron chi connectivity index (χ3n) is 3.89. The van der Waals surface area contributed by atoms with Crippen LogP contribution in [0.25, 0.3) is 11.3 Å². The summed E-state index contributed by atoms with van der Waals surface area (Å²) in [5.41, 5.74) is 2.12. The van der Waals surface area contributed by atoms with Gasteiger partial charge in [0.15, 0.2) is 12.2 Å². The minimum atomic E-state index is -1.18. The molecule has 1 radical (unpaired) electrons. The van der Waals surface area contributed by atoms with Gasteiger partial charge in [0, 0.05) is 26.3 Å². The van der Waals surface area contributed by atoms with Gasteiger partial charge in [-0.25, -0.2) is 9.59 Å². The van der Waals surface area contributed by atoms with Gasteiger partial charge in [-0.2, -0.15) is 0 Å². The van der Waals surface area contributed by atoms with Crippen LogP contribution in [0.1, 0.15) is 13.8 Å². The van der Waals surface area contributed by atoms with E-state index in [0.717, 1.165) is 11.3 Å². The number of aromatic nitrogens is 1. The SMILES string of the molecule is CCOC(=O)[C@H]1OB(c2cc[c-]c(-c3ccccn3)c2)O[C@@H]1C(=O)OCC.[Ir]. The summed E-state index contributed by atoms with van der Waals surface area (Å²) in [6.07, 6.45) is -0.681. The molecular formula is C19H19BIrNO6-. The minimum absolute atomic E-state index is 0. The summed E-state index contributed by atoms with van der Waals surface area (Å²) in [5.74, 6) is -1.32. The minimum Gasteiger partial charge on any atom is -0.464 e. The summed E-state index contributed by atoms with van der Waals surface area (Å²) in [6.45, 7) is 3.69. The molecule has 2 heterocycles. The molecule has 0 aliphatic carbocycles. The van der Waals surface area contributed by atoms with E-state index in [1.807, 2.05) is 18.2 Å². The van der Waals surface area contributed by atoms with Gasteiger partial charge in [0.25, 0.3) is 0 Å². The first-order valence-electron chi connectivity index (χ1n) is 8.71. The molecule has 0 unspecified atom stereocenters. The standard InChI is InChI=1S/C19H19BNO6.Ir/c1-3-24-18(22)16-17(19(23)25-4-2)27-20(26-16)14-9-7-8-13(12-14)15-10-5-6-11-21-15;/h5-7,9-12,16-17H,3-4H2,1-2H3;/q-1;/t16-,17-;/m0./s1. The Kier molecular flexibility index (Phi) is 8.32. The summed E-state index contributed by atoms with van der Waals surface area (Å²) in [4.78, 5) is 28.6. The number of benzene rings is 1. The number of rotatable bonds is 6. The first kappa shape index (κ1) is 22.2. The molecule has 1 aliphatic rings. The Hall–Kier alpha value is -2.06. The van der Waals surface area contributed by atoms with Crippen LogP contribution in [0.15, 0.2) is 42.6 Å². The molecule has 1 fully saturated rings. The maximum absolute atomic E-state index is 12.2. The molecule has 2 atom stereocenters. The van der Waals surface area contributed by atoms with E-state index in [1.165, 1.54) is 0 Å². The summed E-state index contributed by atoms with van der Waals surface area (Å²) in [7, 11) is -0.911. The molecule has 149 valence electrons. The van der Waals surface area contributed by atoms with E-state index in [4.69, 9.17) is 18.8 Å². The van der Waals surface area contributed by atoms with Crippen LogP contribution in [0, 0.1) is 6.07 Å². The van der Waals surface area contributed by atoms with Gasteiger partial charge >= 0.3 is 19.1 Å². The molecule has 1 aromatic heterocycles. The predicted octanol–water partition coefficient (Wildman–Crippen LogP) is 1.15. The van der Waals surface area contributed by atoms with Crippen molar-refractivity contribution >= 4 is 24.5 Å². The predicted molar refractivity (Wildman–Crippen MR) is 96.9 cm³/mol. The Morgan fingerprint density at radius 3 is 2.29 bits per heavy atom. The van der Waals surface area contributed by atoms with E-state index in [1.54, 1.807) is 38.2 Å². The molecule has 0 bridgehead atoms. The third-order valence-corrected chi connectivity index (χ3v) is 3.89. The monoisotopic (exact) mass is 561 g/mol. The van der Waals surface area contributed by atoms with Crippen LogP contribution in [0.2, 0.25) is 0 Å². The van der Waals surface area contributed by atoms with E-state index < -0.39 is 31.3 Å². The van der Waals surface area contributed by atoms with Crippen molar-refractivity contribution in [3.8, 4) is 11.3 Å². The molecule has 1 aliphatic heterocycles. The van der Waals surface area contributed by atoms with Gasteiger partial charge in [0.1, 0.15) is 0 Å². The number of pyridine rings is 1. The number of carbonyl (C=O) groups is 2. The summed E-state index contributed by atoms with van der Waals surface area (Å²) >= 11 is 0. The Balaban J connectivity index is 0.00000280. The van der Waals surface area contributed by atoms with Gasteiger partial charge in [-0.1, -0.05) is 12.1 Å². The van der Waals surface area contributed by atoms with E-state index >= 15 is 0 Å². The molecule has 28 heavy (non-hydrogen) atoms. The molecular weight excluding hydrogens is 541 g/mol. The second-order valence-corrected chi connectivity index (χ2v) is 5.70. The summed E-state index contributed by atoms with van der Waals surface area (Å²) < 4.78 is 21.4. The van der Waals surface area contributed by atoms with Gasteiger partial charge in [0.05, 0.1) is 13.2 Å². The van der Waals surface area contributed by atoms with Crippen molar-refractivity contribution in [1.82, 2.24) is 4.98 Å². The van der Waals surface area contributed by atoms with Crippen LogP contribution in [0.5, 0.6) is 0 Å². The molecule has 7 nitrogen and oxygen atoms in total. The van der Waals surface area contributed by atoms with Crippen LogP contribution in [0.4, 0.5) is 0 Å². The summed E-state index contributed by atoms with van der Waals surface area (Å²) in [5, 5.41) is 0. The average Bonchev–Trinajstić information content (AvgIpc) is 3.15. The number of nitrogens with zero attached hydrogens (tertiary/aromatic N) is 1. The zero-order chi connectivity index (χ0) is 19.2. The zero-order valence-corrected chi connectivity index (χ0v) is 17.8. The van der Waals surface area contributed by atoms with Crippen molar-refractivity contribution in [2.24, 2.45) is 0 Å². The molecule has 1 saturated heterocycles. The van der Waals surface area contributed by atoms with Crippen LogP contribution >= 0.6 is 0 Å². The molecule has 0 saturated carbocycles.